The molecular formula is C16H15N3O. The van der Waals surface area contributed by atoms with E-state index in [1.54, 1.807) is 18.2 Å². The zero-order chi connectivity index (χ0) is 14.4. The SMILES string of the molecule is CCCC#CN1CC(=O)CC(c2cccc(C#N)c2)=N1. The Bertz CT molecular complexity index is 644. The van der Waals surface area contributed by atoms with Crippen molar-refractivity contribution in [3.8, 4) is 18.0 Å². The molecule has 1 heterocycles. The van der Waals surface area contributed by atoms with Crippen LogP contribution >= 0.6 is 0 Å². The predicted octanol–water partition coefficient (Wildman–Crippen LogP) is 2.30. The van der Waals surface area contributed by atoms with Crippen molar-refractivity contribution in [3.05, 3.63) is 35.4 Å². The molecule has 20 heavy (non-hydrogen) atoms. The minimum atomic E-state index is 0.0863. The molecule has 0 bridgehead atoms. The first-order chi connectivity index (χ1) is 9.72. The van der Waals surface area contributed by atoms with Crippen LogP contribution in [0.3, 0.4) is 0 Å². The van der Waals surface area contributed by atoms with E-state index in [-0.39, 0.29) is 12.3 Å². The summed E-state index contributed by atoms with van der Waals surface area (Å²) in [6.07, 6.45) is 2.07. The maximum absolute atomic E-state index is 11.8. The van der Waals surface area contributed by atoms with Crippen molar-refractivity contribution in [2.24, 2.45) is 5.10 Å². The molecule has 1 aliphatic rings. The van der Waals surface area contributed by atoms with Crippen LogP contribution in [0.5, 0.6) is 0 Å². The summed E-state index contributed by atoms with van der Waals surface area (Å²) in [6, 6.07) is 12.1. The van der Waals surface area contributed by atoms with Gasteiger partial charge in [0.1, 0.15) is 6.54 Å². The van der Waals surface area contributed by atoms with Gasteiger partial charge in [-0.3, -0.25) is 4.79 Å². The highest BCUT2D eigenvalue weighted by Gasteiger charge is 2.19. The lowest BCUT2D eigenvalue weighted by Crippen LogP contribution is -2.30. The lowest BCUT2D eigenvalue weighted by Gasteiger charge is -2.19. The molecule has 1 aromatic carbocycles. The second kappa shape index (κ2) is 6.54. The Morgan fingerprint density at radius 1 is 1.45 bits per heavy atom. The monoisotopic (exact) mass is 265 g/mol. The fourth-order valence-corrected chi connectivity index (χ4v) is 1.89. The number of benzene rings is 1. The summed E-state index contributed by atoms with van der Waals surface area (Å²) in [5.74, 6) is 3.07. The van der Waals surface area contributed by atoms with E-state index in [1.807, 2.05) is 6.07 Å². The van der Waals surface area contributed by atoms with E-state index in [9.17, 15) is 4.79 Å². The van der Waals surface area contributed by atoms with Gasteiger partial charge in [0, 0.05) is 12.5 Å². The normalized spacial score (nSPS) is 14.1. The fraction of sp³-hybridized carbons (Fsp3) is 0.312. The van der Waals surface area contributed by atoms with Gasteiger partial charge >= 0.3 is 0 Å². The Hall–Kier alpha value is -2.59. The van der Waals surface area contributed by atoms with Gasteiger partial charge in [0.05, 0.1) is 23.8 Å². The highest BCUT2D eigenvalue weighted by atomic mass is 16.1. The van der Waals surface area contributed by atoms with E-state index < -0.39 is 0 Å². The summed E-state index contributed by atoms with van der Waals surface area (Å²) in [7, 11) is 0. The highest BCUT2D eigenvalue weighted by molar-refractivity contribution is 6.12. The zero-order valence-corrected chi connectivity index (χ0v) is 11.4. The number of unbranched alkanes of at least 4 members (excludes halogenated alkanes) is 1. The van der Waals surface area contributed by atoms with E-state index in [1.165, 1.54) is 5.01 Å². The summed E-state index contributed by atoms with van der Waals surface area (Å²) >= 11 is 0. The Morgan fingerprint density at radius 3 is 3.05 bits per heavy atom. The first-order valence-corrected chi connectivity index (χ1v) is 6.58. The number of carbonyl (C=O) groups is 1. The minimum absolute atomic E-state index is 0.0863. The predicted molar refractivity (Wildman–Crippen MR) is 76.7 cm³/mol. The first kappa shape index (κ1) is 13.8. The molecule has 0 atom stereocenters. The maximum Gasteiger partial charge on any atom is 0.161 e. The summed E-state index contributed by atoms with van der Waals surface area (Å²) < 4.78 is 0. The number of hydrazone groups is 1. The molecule has 0 aromatic heterocycles. The molecule has 0 amide bonds. The quantitative estimate of drug-likeness (QED) is 0.771. The third-order valence-electron chi connectivity index (χ3n) is 2.84. The van der Waals surface area contributed by atoms with Crippen LogP contribution < -0.4 is 0 Å². The molecule has 0 unspecified atom stereocenters. The Kier molecular flexibility index (Phi) is 4.52. The number of rotatable bonds is 2. The molecule has 4 nitrogen and oxygen atoms in total. The van der Waals surface area contributed by atoms with Crippen LogP contribution in [0.15, 0.2) is 29.4 Å². The summed E-state index contributed by atoms with van der Waals surface area (Å²) in [5, 5.41) is 14.8. The van der Waals surface area contributed by atoms with Crippen LogP contribution in [-0.2, 0) is 4.79 Å². The molecule has 4 heteroatoms. The number of carbonyl (C=O) groups excluding carboxylic acids is 1. The van der Waals surface area contributed by atoms with Gasteiger partial charge in [0.15, 0.2) is 5.78 Å². The van der Waals surface area contributed by atoms with Gasteiger partial charge in [0.2, 0.25) is 0 Å². The smallest absolute Gasteiger partial charge is 0.161 e. The van der Waals surface area contributed by atoms with Gasteiger partial charge in [-0.25, -0.2) is 5.01 Å². The molecule has 0 radical (unpaired) electrons. The third kappa shape index (κ3) is 3.46. The standard InChI is InChI=1S/C16H15N3O/c1-2-3-4-8-19-12-15(20)10-16(18-19)14-7-5-6-13(9-14)11-17/h5-7,9H,2-3,10,12H2,1H3. The van der Waals surface area contributed by atoms with Crippen molar-refractivity contribution in [1.82, 2.24) is 5.01 Å². The lowest BCUT2D eigenvalue weighted by molar-refractivity contribution is -0.118. The molecule has 0 aliphatic carbocycles. The van der Waals surface area contributed by atoms with Crippen molar-refractivity contribution in [2.45, 2.75) is 26.2 Å². The van der Waals surface area contributed by atoms with Gasteiger partial charge in [0.25, 0.3) is 0 Å². The minimum Gasteiger partial charge on any atom is -0.297 e. The molecule has 100 valence electrons. The molecular weight excluding hydrogens is 250 g/mol. The molecule has 0 saturated carbocycles. The van der Waals surface area contributed by atoms with Gasteiger partial charge in [-0.15, -0.1) is 0 Å². The highest BCUT2D eigenvalue weighted by Crippen LogP contribution is 2.13. The van der Waals surface area contributed by atoms with Crippen molar-refractivity contribution in [1.29, 1.82) is 5.26 Å². The van der Waals surface area contributed by atoms with Crippen molar-refractivity contribution in [3.63, 3.8) is 0 Å². The largest absolute Gasteiger partial charge is 0.297 e. The Labute approximate surface area is 118 Å². The molecule has 1 aliphatic heterocycles. The Morgan fingerprint density at radius 2 is 2.30 bits per heavy atom. The van der Waals surface area contributed by atoms with Crippen LogP contribution in [0.1, 0.15) is 37.3 Å². The van der Waals surface area contributed by atoms with E-state index in [0.29, 0.717) is 17.7 Å². The van der Waals surface area contributed by atoms with Gasteiger partial charge < -0.3 is 0 Å². The molecule has 0 saturated heterocycles. The van der Waals surface area contributed by atoms with Gasteiger partial charge in [-0.1, -0.05) is 25.0 Å². The van der Waals surface area contributed by atoms with E-state index in [2.05, 4.69) is 30.1 Å². The number of hydrogen-bond donors (Lipinski definition) is 0. The topological polar surface area (TPSA) is 56.5 Å². The van der Waals surface area contributed by atoms with Crippen LogP contribution in [0.25, 0.3) is 0 Å². The fourth-order valence-electron chi connectivity index (χ4n) is 1.89. The number of nitrogens with zero attached hydrogens (tertiary/aromatic N) is 3. The second-order valence-electron chi connectivity index (χ2n) is 4.55. The van der Waals surface area contributed by atoms with Crippen molar-refractivity contribution < 1.29 is 4.79 Å². The number of ketones is 1. The van der Waals surface area contributed by atoms with Gasteiger partial charge in [-0.2, -0.15) is 10.4 Å². The summed E-state index contributed by atoms with van der Waals surface area (Å²) in [6.45, 7) is 2.29. The van der Waals surface area contributed by atoms with Crippen LogP contribution in [0.2, 0.25) is 0 Å². The zero-order valence-electron chi connectivity index (χ0n) is 11.4. The van der Waals surface area contributed by atoms with Gasteiger partial charge in [-0.05, 0) is 24.1 Å². The average Bonchev–Trinajstić information content (AvgIpc) is 2.47. The van der Waals surface area contributed by atoms with Crippen LogP contribution in [0, 0.1) is 23.3 Å². The molecule has 0 N–H and O–H groups in total. The number of Topliss-reactive ketones (excluding diaryl/α,β-unsaturated/α-hetero) is 1. The van der Waals surface area contributed by atoms with Crippen LogP contribution in [0.4, 0.5) is 0 Å². The number of nitriles is 1. The molecule has 0 spiro atoms. The van der Waals surface area contributed by atoms with E-state index in [0.717, 1.165) is 18.4 Å². The van der Waals surface area contributed by atoms with Crippen molar-refractivity contribution >= 4 is 11.5 Å². The lowest BCUT2D eigenvalue weighted by atomic mass is 10.0. The third-order valence-corrected chi connectivity index (χ3v) is 2.84. The average molecular weight is 265 g/mol. The molecule has 2 rings (SSSR count). The van der Waals surface area contributed by atoms with Crippen LogP contribution in [-0.4, -0.2) is 23.0 Å². The Balaban J connectivity index is 2.27. The van der Waals surface area contributed by atoms with E-state index in [4.69, 9.17) is 5.26 Å². The van der Waals surface area contributed by atoms with E-state index >= 15 is 0 Å². The molecule has 0 fully saturated rings. The van der Waals surface area contributed by atoms with Crippen molar-refractivity contribution in [2.75, 3.05) is 6.54 Å². The maximum atomic E-state index is 11.8. The number of hydrogen-bond acceptors (Lipinski definition) is 4. The second-order valence-corrected chi connectivity index (χ2v) is 4.55. The summed E-state index contributed by atoms with van der Waals surface area (Å²) in [5.41, 5.74) is 2.04. The summed E-state index contributed by atoms with van der Waals surface area (Å²) in [4.78, 5) is 11.8. The first-order valence-electron chi connectivity index (χ1n) is 6.58. The molecule has 1 aromatic rings.